The first kappa shape index (κ1) is 37.8. The molecule has 2 N–H and O–H groups in total. The third kappa shape index (κ3) is 7.23. The Hall–Kier alpha value is -4.71. The number of nitrogens with zero attached hydrogens (tertiary/aromatic N) is 4. The standard InChI is InChI=1S/C45H53F2N5O5/c1-27(2)17-31-24-57-39-21-33(53)4-6-35(39)41(31)29-19-36(46)42(37(47)20-29)50-13-9-28(10-14-50)22-49-15-11-45(12-16-49)25-51(26-45)32-3-5-34-30(18-32)23-52(44(34)56)38-7-8-40(54)48-43(38)55/h3-6,18-21,27-28,31,38,41,53H,7-17,22-26H2,1-2H3,(H,48,54,55)/t31-,38?,41-/m1/s1. The monoisotopic (exact) mass is 781 g/mol. The molecule has 3 atom stereocenters. The van der Waals surface area contributed by atoms with Crippen LogP contribution in [0.15, 0.2) is 48.5 Å². The van der Waals surface area contributed by atoms with Crippen LogP contribution in [0, 0.1) is 34.8 Å². The molecule has 0 saturated carbocycles. The molecule has 302 valence electrons. The third-order valence-electron chi connectivity index (χ3n) is 13.7. The van der Waals surface area contributed by atoms with E-state index in [-0.39, 0.29) is 46.9 Å². The first-order valence-corrected chi connectivity index (χ1v) is 20.9. The molecule has 6 aliphatic rings. The highest BCUT2D eigenvalue weighted by atomic mass is 19.1. The van der Waals surface area contributed by atoms with Crippen LogP contribution in [0.2, 0.25) is 0 Å². The topological polar surface area (TPSA) is 106 Å². The van der Waals surface area contributed by atoms with Crippen LogP contribution in [0.25, 0.3) is 0 Å². The lowest BCUT2D eigenvalue weighted by Crippen LogP contribution is -2.60. The van der Waals surface area contributed by atoms with E-state index in [1.807, 2.05) is 23.1 Å². The van der Waals surface area contributed by atoms with Crippen LogP contribution in [0.5, 0.6) is 11.5 Å². The number of carbonyl (C=O) groups excluding carboxylic acids is 3. The van der Waals surface area contributed by atoms with E-state index in [4.69, 9.17) is 4.74 Å². The number of halogens is 2. The number of anilines is 2. The van der Waals surface area contributed by atoms with E-state index in [0.717, 1.165) is 81.6 Å². The molecule has 10 nitrogen and oxygen atoms in total. The highest BCUT2D eigenvalue weighted by molar-refractivity contribution is 6.05. The zero-order valence-corrected chi connectivity index (χ0v) is 32.9. The van der Waals surface area contributed by atoms with Crippen molar-refractivity contribution in [1.29, 1.82) is 0 Å². The number of phenolic OH excluding ortho intramolecular Hbond substituents is 1. The molecule has 0 radical (unpaired) electrons. The van der Waals surface area contributed by atoms with Crippen LogP contribution in [0.4, 0.5) is 20.2 Å². The molecule has 57 heavy (non-hydrogen) atoms. The van der Waals surface area contributed by atoms with Crippen LogP contribution in [0.3, 0.4) is 0 Å². The number of piperidine rings is 3. The summed E-state index contributed by atoms with van der Waals surface area (Å²) in [6.07, 6.45) is 5.51. The van der Waals surface area contributed by atoms with Crippen molar-refractivity contribution in [2.24, 2.45) is 23.2 Å². The maximum absolute atomic E-state index is 16.0. The van der Waals surface area contributed by atoms with Crippen molar-refractivity contribution in [1.82, 2.24) is 15.1 Å². The molecule has 0 bridgehead atoms. The Balaban J connectivity index is 0.767. The Morgan fingerprint density at radius 1 is 0.912 bits per heavy atom. The van der Waals surface area contributed by atoms with Gasteiger partial charge in [0, 0.05) is 85.8 Å². The minimum Gasteiger partial charge on any atom is -0.508 e. The van der Waals surface area contributed by atoms with E-state index in [9.17, 15) is 19.5 Å². The quantitative estimate of drug-likeness (QED) is 0.252. The lowest BCUT2D eigenvalue weighted by atomic mass is 9.71. The summed E-state index contributed by atoms with van der Waals surface area (Å²) in [5.74, 6) is -0.452. The highest BCUT2D eigenvalue weighted by Crippen LogP contribution is 2.47. The van der Waals surface area contributed by atoms with E-state index in [1.165, 1.54) is 12.1 Å². The fourth-order valence-corrected chi connectivity index (χ4v) is 10.7. The number of amides is 3. The van der Waals surface area contributed by atoms with Crippen LogP contribution in [0.1, 0.15) is 91.8 Å². The van der Waals surface area contributed by atoms with Gasteiger partial charge in [0.1, 0.15) is 34.9 Å². The summed E-state index contributed by atoms with van der Waals surface area (Å²) in [5, 5.41) is 12.4. The number of carbonyl (C=O) groups is 3. The minimum atomic E-state index is -0.608. The number of hydrogen-bond donors (Lipinski definition) is 2. The fourth-order valence-electron chi connectivity index (χ4n) is 10.7. The number of imide groups is 1. The Morgan fingerprint density at radius 2 is 1.65 bits per heavy atom. The first-order chi connectivity index (χ1) is 27.4. The highest BCUT2D eigenvalue weighted by Gasteiger charge is 2.46. The van der Waals surface area contributed by atoms with Crippen LogP contribution >= 0.6 is 0 Å². The second-order valence-corrected chi connectivity index (χ2v) is 18.1. The van der Waals surface area contributed by atoms with Gasteiger partial charge in [0.05, 0.1) is 6.61 Å². The Kier molecular flexibility index (Phi) is 9.90. The van der Waals surface area contributed by atoms with Crippen molar-refractivity contribution in [3.63, 3.8) is 0 Å². The van der Waals surface area contributed by atoms with Gasteiger partial charge in [-0.3, -0.25) is 19.7 Å². The van der Waals surface area contributed by atoms with E-state index in [2.05, 4.69) is 35.0 Å². The predicted octanol–water partition coefficient (Wildman–Crippen LogP) is 6.44. The van der Waals surface area contributed by atoms with Crippen LogP contribution in [-0.4, -0.2) is 91.1 Å². The molecular weight excluding hydrogens is 729 g/mol. The maximum atomic E-state index is 16.0. The maximum Gasteiger partial charge on any atom is 0.255 e. The van der Waals surface area contributed by atoms with E-state index in [1.54, 1.807) is 17.0 Å². The molecule has 3 aromatic rings. The molecule has 4 fully saturated rings. The third-order valence-corrected chi connectivity index (χ3v) is 13.7. The lowest BCUT2D eigenvalue weighted by Gasteiger charge is -2.55. The Labute approximate surface area is 333 Å². The summed E-state index contributed by atoms with van der Waals surface area (Å²) >= 11 is 0. The number of aromatic hydroxyl groups is 1. The first-order valence-electron chi connectivity index (χ1n) is 20.9. The average Bonchev–Trinajstić information content (AvgIpc) is 3.49. The molecule has 3 amide bonds. The molecule has 9 rings (SSSR count). The SMILES string of the molecule is CC(C)C[C@@H]1COc2cc(O)ccc2[C@@H]1c1cc(F)c(N2CCC(CN3CCC4(CC3)CN(c3ccc5c(c3)CN(C3CCC(=O)NC3=O)C5=O)C4)CC2)c(F)c1. The summed E-state index contributed by atoms with van der Waals surface area (Å²) in [7, 11) is 0. The van der Waals surface area contributed by atoms with Crippen molar-refractivity contribution >= 4 is 29.1 Å². The normalized spacial score (nSPS) is 25.0. The van der Waals surface area contributed by atoms with E-state index in [0.29, 0.717) is 61.4 Å². The lowest BCUT2D eigenvalue weighted by molar-refractivity contribution is -0.136. The molecule has 12 heteroatoms. The Bertz CT molecular complexity index is 2050. The van der Waals surface area contributed by atoms with Gasteiger partial charge >= 0.3 is 0 Å². The van der Waals surface area contributed by atoms with E-state index < -0.39 is 23.6 Å². The number of ether oxygens (including phenoxy) is 1. The molecule has 6 aliphatic heterocycles. The number of benzene rings is 3. The number of hydrogen-bond acceptors (Lipinski definition) is 8. The molecule has 4 saturated heterocycles. The molecule has 0 aromatic heterocycles. The number of rotatable bonds is 8. The van der Waals surface area contributed by atoms with Crippen LogP contribution in [-0.2, 0) is 16.1 Å². The van der Waals surface area contributed by atoms with E-state index >= 15 is 8.78 Å². The van der Waals surface area contributed by atoms with Crippen molar-refractivity contribution in [2.45, 2.75) is 77.3 Å². The number of fused-ring (bicyclic) bond motifs is 2. The number of phenols is 1. The number of nitrogens with one attached hydrogen (secondary N) is 1. The second-order valence-electron chi connectivity index (χ2n) is 18.1. The average molecular weight is 782 g/mol. The molecule has 3 aromatic carbocycles. The zero-order chi connectivity index (χ0) is 39.6. The van der Waals surface area contributed by atoms with Gasteiger partial charge in [-0.25, -0.2) is 8.78 Å². The van der Waals surface area contributed by atoms with Gasteiger partial charge in [-0.2, -0.15) is 0 Å². The summed E-state index contributed by atoms with van der Waals surface area (Å²) in [5.41, 5.74) is 4.52. The van der Waals surface area contributed by atoms with Gasteiger partial charge in [-0.05, 0) is 111 Å². The largest absolute Gasteiger partial charge is 0.508 e. The van der Waals surface area contributed by atoms with Crippen molar-refractivity contribution in [2.75, 3.05) is 62.2 Å². The number of likely N-dealkylation sites (tertiary alicyclic amines) is 1. The van der Waals surface area contributed by atoms with Gasteiger partial charge in [-0.1, -0.05) is 19.9 Å². The van der Waals surface area contributed by atoms with Crippen LogP contribution < -0.4 is 19.9 Å². The minimum absolute atomic E-state index is 0.0646. The molecule has 0 aliphatic carbocycles. The smallest absolute Gasteiger partial charge is 0.255 e. The summed E-state index contributed by atoms with van der Waals surface area (Å²) in [6.45, 7) is 11.4. The van der Waals surface area contributed by atoms with Crippen molar-refractivity contribution in [3.8, 4) is 11.5 Å². The van der Waals surface area contributed by atoms with Crippen molar-refractivity contribution < 1.29 is 33.0 Å². The van der Waals surface area contributed by atoms with Gasteiger partial charge in [-0.15, -0.1) is 0 Å². The van der Waals surface area contributed by atoms with Gasteiger partial charge in [0.15, 0.2) is 0 Å². The van der Waals surface area contributed by atoms with Gasteiger partial charge in [0.2, 0.25) is 11.8 Å². The Morgan fingerprint density at radius 3 is 2.35 bits per heavy atom. The summed E-state index contributed by atoms with van der Waals surface area (Å²) < 4.78 is 38.0. The van der Waals surface area contributed by atoms with Gasteiger partial charge < -0.3 is 29.4 Å². The van der Waals surface area contributed by atoms with Crippen molar-refractivity contribution in [3.05, 3.63) is 82.4 Å². The summed E-state index contributed by atoms with van der Waals surface area (Å²) in [6, 6.07) is 13.5. The van der Waals surface area contributed by atoms with Gasteiger partial charge in [0.25, 0.3) is 5.91 Å². The summed E-state index contributed by atoms with van der Waals surface area (Å²) in [4.78, 5) is 45.7. The molecule has 1 spiro atoms. The predicted molar refractivity (Wildman–Crippen MR) is 212 cm³/mol. The fraction of sp³-hybridized carbons (Fsp3) is 0.533. The molecular formula is C45H53F2N5O5. The molecule has 1 unspecified atom stereocenters. The zero-order valence-electron chi connectivity index (χ0n) is 32.9. The molecule has 6 heterocycles. The second kappa shape index (κ2) is 14.9.